The molecule has 0 saturated carbocycles. The molecule has 0 aliphatic carbocycles. The fourth-order valence-corrected chi connectivity index (χ4v) is 19.1. The first-order valence-electron chi connectivity index (χ1n) is 9.26. The number of hydrogen-bond donors (Lipinski definition) is 0. The molecule has 0 aliphatic heterocycles. The molecule has 4 heteroatoms. The zero-order valence-corrected chi connectivity index (χ0v) is 18.6. The molecular weight excluding hydrogens is 409 g/mol. The molecule has 0 bridgehead atoms. The molecule has 2 aromatic rings. The topological polar surface area (TPSA) is 26.0 Å². The third kappa shape index (κ3) is 5.09. The van der Waals surface area contributed by atoms with E-state index in [4.69, 9.17) is 4.52 Å². The number of rotatable bonds is 11. The minimum absolute atomic E-state index is 1.06. The third-order valence-corrected chi connectivity index (χ3v) is 20.6. The summed E-state index contributed by atoms with van der Waals surface area (Å²) >= 11 is -0.685. The van der Waals surface area contributed by atoms with Crippen LogP contribution in [0.5, 0.6) is 0 Å². The summed E-state index contributed by atoms with van der Waals surface area (Å²) in [6, 6.07) is 6.55. The Morgan fingerprint density at radius 3 is 2.09 bits per heavy atom. The monoisotopic (exact) mass is 441 g/mol. The quantitative estimate of drug-likeness (QED) is 0.375. The average molecular weight is 440 g/mol. The molecule has 0 aliphatic rings. The van der Waals surface area contributed by atoms with Crippen molar-refractivity contribution < 1.29 is 4.52 Å². The molecule has 0 spiro atoms. The van der Waals surface area contributed by atoms with Crippen LogP contribution in [0.3, 0.4) is 0 Å². The van der Waals surface area contributed by atoms with Crippen molar-refractivity contribution in [3.05, 3.63) is 23.6 Å². The van der Waals surface area contributed by atoms with E-state index in [9.17, 15) is 0 Å². The van der Waals surface area contributed by atoms with Crippen molar-refractivity contribution in [2.75, 3.05) is 0 Å². The fourth-order valence-electron chi connectivity index (χ4n) is 3.36. The van der Waals surface area contributed by atoms with Gasteiger partial charge >= 0.3 is 150 Å². The van der Waals surface area contributed by atoms with E-state index in [2.05, 4.69) is 49.5 Å². The SMILES string of the molecule is CCC[CH2][Sn]([CH2]CCC)([CH2]CCC)[c]1cc(-c2cccs2)no1. The summed E-state index contributed by atoms with van der Waals surface area (Å²) < 4.78 is 11.6. The molecule has 0 saturated heterocycles. The summed E-state index contributed by atoms with van der Waals surface area (Å²) in [5.41, 5.74) is 1.06. The maximum atomic E-state index is 6.00. The van der Waals surface area contributed by atoms with Gasteiger partial charge in [0.2, 0.25) is 0 Å². The van der Waals surface area contributed by atoms with Crippen molar-refractivity contribution in [1.29, 1.82) is 0 Å². The van der Waals surface area contributed by atoms with Crippen molar-refractivity contribution in [3.8, 4) is 10.6 Å². The number of unbranched alkanes of at least 4 members (excludes halogenated alkanes) is 3. The van der Waals surface area contributed by atoms with Gasteiger partial charge in [-0.05, 0) is 0 Å². The van der Waals surface area contributed by atoms with Gasteiger partial charge in [0.05, 0.1) is 0 Å². The molecular formula is C19H31NOSSn. The average Bonchev–Trinajstić information content (AvgIpc) is 3.25. The molecule has 128 valence electrons. The normalized spacial score (nSPS) is 12.0. The molecule has 2 rings (SSSR count). The number of thiophene rings is 1. The first kappa shape index (κ1) is 19.0. The van der Waals surface area contributed by atoms with Crippen LogP contribution in [0.15, 0.2) is 28.1 Å². The predicted molar refractivity (Wildman–Crippen MR) is 104 cm³/mol. The molecule has 23 heavy (non-hydrogen) atoms. The summed E-state index contributed by atoms with van der Waals surface area (Å²) in [7, 11) is 0. The van der Waals surface area contributed by atoms with Crippen LogP contribution >= 0.6 is 11.3 Å². The van der Waals surface area contributed by atoms with Crippen LogP contribution in [0.2, 0.25) is 13.3 Å². The predicted octanol–water partition coefficient (Wildman–Crippen LogP) is 6.46. The Bertz CT molecular complexity index is 528. The van der Waals surface area contributed by atoms with Crippen molar-refractivity contribution in [3.63, 3.8) is 0 Å². The maximum absolute atomic E-state index is 6.00. The molecule has 0 fully saturated rings. The Hall–Kier alpha value is -0.291. The second-order valence-corrected chi connectivity index (χ2v) is 20.6. The Morgan fingerprint density at radius 2 is 1.61 bits per heavy atom. The Labute approximate surface area is 149 Å². The van der Waals surface area contributed by atoms with E-state index in [0.717, 1.165) is 5.69 Å². The van der Waals surface area contributed by atoms with E-state index in [0.29, 0.717) is 0 Å². The number of nitrogens with zero attached hydrogens (tertiary/aromatic N) is 1. The van der Waals surface area contributed by atoms with Gasteiger partial charge in [0.1, 0.15) is 0 Å². The minimum atomic E-state index is -2.44. The van der Waals surface area contributed by atoms with E-state index in [1.165, 1.54) is 60.5 Å². The van der Waals surface area contributed by atoms with Crippen molar-refractivity contribution in [2.24, 2.45) is 0 Å². The molecule has 0 amide bonds. The molecule has 0 unspecified atom stereocenters. The van der Waals surface area contributed by atoms with Gasteiger partial charge in [0.25, 0.3) is 0 Å². The molecule has 2 heterocycles. The van der Waals surface area contributed by atoms with Crippen LogP contribution < -0.4 is 3.78 Å². The van der Waals surface area contributed by atoms with Crippen LogP contribution in [0.25, 0.3) is 10.6 Å². The third-order valence-electron chi connectivity index (χ3n) is 4.83. The Balaban J connectivity index is 2.29. The summed E-state index contributed by atoms with van der Waals surface area (Å²) in [5.74, 6) is 0. The van der Waals surface area contributed by atoms with Gasteiger partial charge in [-0.15, -0.1) is 0 Å². The van der Waals surface area contributed by atoms with Crippen LogP contribution in [0.4, 0.5) is 0 Å². The van der Waals surface area contributed by atoms with Crippen LogP contribution in [0.1, 0.15) is 59.3 Å². The summed E-state index contributed by atoms with van der Waals surface area (Å²) in [5, 5.41) is 6.55. The summed E-state index contributed by atoms with van der Waals surface area (Å²) in [4.78, 5) is 1.24. The van der Waals surface area contributed by atoms with Gasteiger partial charge < -0.3 is 0 Å². The van der Waals surface area contributed by atoms with Gasteiger partial charge in [-0.3, -0.25) is 0 Å². The number of hydrogen-bond acceptors (Lipinski definition) is 3. The fraction of sp³-hybridized carbons (Fsp3) is 0.632. The Morgan fingerprint density at radius 1 is 1.00 bits per heavy atom. The summed E-state index contributed by atoms with van der Waals surface area (Å²) in [6.45, 7) is 6.94. The van der Waals surface area contributed by atoms with Gasteiger partial charge in [0.15, 0.2) is 0 Å². The van der Waals surface area contributed by atoms with Gasteiger partial charge in [-0.25, -0.2) is 0 Å². The zero-order chi connectivity index (χ0) is 16.5. The van der Waals surface area contributed by atoms with E-state index >= 15 is 0 Å². The molecule has 2 aromatic heterocycles. The van der Waals surface area contributed by atoms with Crippen LogP contribution in [-0.4, -0.2) is 23.5 Å². The molecule has 2 nitrogen and oxygen atoms in total. The van der Waals surface area contributed by atoms with Crippen LogP contribution in [0, 0.1) is 0 Å². The molecule has 0 radical (unpaired) electrons. The van der Waals surface area contributed by atoms with Crippen LogP contribution in [-0.2, 0) is 0 Å². The second kappa shape index (κ2) is 9.87. The van der Waals surface area contributed by atoms with Gasteiger partial charge in [-0.1, -0.05) is 0 Å². The van der Waals surface area contributed by atoms with Crippen molar-refractivity contribution in [2.45, 2.75) is 72.6 Å². The van der Waals surface area contributed by atoms with E-state index < -0.39 is 18.4 Å². The van der Waals surface area contributed by atoms with E-state index in [-0.39, 0.29) is 0 Å². The zero-order valence-electron chi connectivity index (χ0n) is 14.9. The van der Waals surface area contributed by atoms with Gasteiger partial charge in [0, 0.05) is 0 Å². The molecule has 0 N–H and O–H groups in total. The van der Waals surface area contributed by atoms with Gasteiger partial charge in [-0.2, -0.15) is 0 Å². The molecule has 0 aromatic carbocycles. The molecule has 0 atom stereocenters. The van der Waals surface area contributed by atoms with E-state index in [1.807, 2.05) is 0 Å². The van der Waals surface area contributed by atoms with Crippen molar-refractivity contribution in [1.82, 2.24) is 5.16 Å². The Kier molecular flexibility index (Phi) is 8.17. The first-order valence-corrected chi connectivity index (χ1v) is 17.6. The standard InChI is InChI=1S/C7H4NOS.3C4H9.Sn/c1-2-7(10-5-1)6-3-4-9-8-6;3*1-3-4-2;/h1-3,5H;3*1,3-4H2,2H3;. The number of aromatic nitrogens is 1. The summed E-state index contributed by atoms with van der Waals surface area (Å²) in [6.07, 6.45) is 7.96. The second-order valence-electron chi connectivity index (χ2n) is 6.64. The first-order chi connectivity index (χ1) is 11.3. The van der Waals surface area contributed by atoms with Crippen molar-refractivity contribution >= 4 is 33.5 Å². The van der Waals surface area contributed by atoms with E-state index in [1.54, 1.807) is 11.3 Å².